The van der Waals surface area contributed by atoms with E-state index in [1.807, 2.05) is 18.4 Å². The molecule has 1 aliphatic rings. The monoisotopic (exact) mass is 399 g/mol. The van der Waals surface area contributed by atoms with Crippen LogP contribution in [0, 0.1) is 5.82 Å². The molecule has 0 aliphatic carbocycles. The van der Waals surface area contributed by atoms with E-state index >= 15 is 0 Å². The molecule has 1 aliphatic heterocycles. The predicted molar refractivity (Wildman–Crippen MR) is 101 cm³/mol. The highest BCUT2D eigenvalue weighted by Crippen LogP contribution is 2.21. The number of thiophene rings is 1. The molecular weight excluding hydrogens is 373 g/mol. The van der Waals surface area contributed by atoms with E-state index in [1.54, 1.807) is 11.3 Å². The minimum atomic E-state index is -3.69. The molecule has 0 unspecified atom stereocenters. The number of nitrogens with one attached hydrogen (secondary N) is 3. The summed E-state index contributed by atoms with van der Waals surface area (Å²) in [5.41, 5.74) is 0. The Morgan fingerprint density at radius 3 is 2.35 bits per heavy atom. The van der Waals surface area contributed by atoms with Gasteiger partial charge < -0.3 is 9.80 Å². The summed E-state index contributed by atoms with van der Waals surface area (Å²) < 4.78 is 41.4. The summed E-state index contributed by atoms with van der Waals surface area (Å²) in [6.45, 7) is 6.10. The Kier molecular flexibility index (Phi) is 6.09. The SMILES string of the molecule is C[C@@H](NS(=O)(=O)c1ccc(F)cc1)[C@@H](c1cccs1)[NH+]1CC[NH+](C)CC1. The Balaban J connectivity index is 1.81. The number of benzene rings is 1. The summed E-state index contributed by atoms with van der Waals surface area (Å²) >= 11 is 1.67. The first kappa shape index (κ1) is 19.4. The van der Waals surface area contributed by atoms with Crippen molar-refractivity contribution in [2.75, 3.05) is 33.2 Å². The second-order valence-corrected chi connectivity index (χ2v) is 9.67. The first-order valence-corrected chi connectivity index (χ1v) is 11.2. The number of piperazine rings is 1. The molecule has 1 fully saturated rings. The summed E-state index contributed by atoms with van der Waals surface area (Å²) in [4.78, 5) is 4.20. The highest BCUT2D eigenvalue weighted by molar-refractivity contribution is 7.89. The molecule has 5 nitrogen and oxygen atoms in total. The predicted octanol–water partition coefficient (Wildman–Crippen LogP) is -0.291. The summed E-state index contributed by atoms with van der Waals surface area (Å²) in [7, 11) is -1.50. The third kappa shape index (κ3) is 4.50. The van der Waals surface area contributed by atoms with Gasteiger partial charge in [-0.3, -0.25) is 0 Å². The van der Waals surface area contributed by atoms with Crippen molar-refractivity contribution in [2.24, 2.45) is 0 Å². The lowest BCUT2D eigenvalue weighted by Gasteiger charge is -2.35. The van der Waals surface area contributed by atoms with Crippen molar-refractivity contribution in [1.82, 2.24) is 4.72 Å². The van der Waals surface area contributed by atoms with Gasteiger partial charge >= 0.3 is 0 Å². The lowest BCUT2D eigenvalue weighted by molar-refractivity contribution is -1.02. The molecule has 3 rings (SSSR count). The van der Waals surface area contributed by atoms with Gasteiger partial charge in [-0.05, 0) is 42.6 Å². The molecule has 142 valence electrons. The normalized spacial score (nSPS) is 23.5. The summed E-state index contributed by atoms with van der Waals surface area (Å²) in [5.74, 6) is -0.446. The first-order valence-electron chi connectivity index (χ1n) is 8.84. The van der Waals surface area contributed by atoms with Crippen LogP contribution in [0.2, 0.25) is 0 Å². The van der Waals surface area contributed by atoms with E-state index in [4.69, 9.17) is 0 Å². The number of halogens is 1. The fourth-order valence-electron chi connectivity index (χ4n) is 3.57. The Morgan fingerprint density at radius 2 is 1.77 bits per heavy atom. The zero-order valence-electron chi connectivity index (χ0n) is 15.0. The third-order valence-electron chi connectivity index (χ3n) is 5.00. The molecule has 8 heteroatoms. The molecule has 2 atom stereocenters. The van der Waals surface area contributed by atoms with Gasteiger partial charge in [-0.15, -0.1) is 11.3 Å². The first-order chi connectivity index (χ1) is 12.4. The van der Waals surface area contributed by atoms with Gasteiger partial charge in [0.15, 0.2) is 0 Å². The van der Waals surface area contributed by atoms with Crippen LogP contribution >= 0.6 is 11.3 Å². The van der Waals surface area contributed by atoms with Gasteiger partial charge in [-0.1, -0.05) is 6.07 Å². The second kappa shape index (κ2) is 8.14. The fraction of sp³-hybridized carbons (Fsp3) is 0.444. The van der Waals surface area contributed by atoms with Crippen LogP contribution in [-0.4, -0.2) is 47.7 Å². The lowest BCUT2D eigenvalue weighted by atomic mass is 10.1. The highest BCUT2D eigenvalue weighted by Gasteiger charge is 2.36. The smallest absolute Gasteiger partial charge is 0.241 e. The molecule has 1 aromatic heterocycles. The van der Waals surface area contributed by atoms with Gasteiger partial charge in [0.05, 0.1) is 22.9 Å². The van der Waals surface area contributed by atoms with Gasteiger partial charge in [0, 0.05) is 0 Å². The molecule has 3 N–H and O–H groups in total. The van der Waals surface area contributed by atoms with Crippen molar-refractivity contribution >= 4 is 21.4 Å². The number of sulfonamides is 1. The molecule has 1 aromatic carbocycles. The van der Waals surface area contributed by atoms with Gasteiger partial charge in [-0.25, -0.2) is 17.5 Å². The van der Waals surface area contributed by atoms with Crippen molar-refractivity contribution < 1.29 is 22.6 Å². The lowest BCUT2D eigenvalue weighted by Crippen LogP contribution is -3.27. The summed E-state index contributed by atoms with van der Waals surface area (Å²) in [6.07, 6.45) is 0. The maximum Gasteiger partial charge on any atom is 0.241 e. The molecule has 0 amide bonds. The molecule has 0 radical (unpaired) electrons. The van der Waals surface area contributed by atoms with Crippen LogP contribution in [0.4, 0.5) is 4.39 Å². The van der Waals surface area contributed by atoms with E-state index in [9.17, 15) is 12.8 Å². The number of hydrogen-bond acceptors (Lipinski definition) is 3. The molecule has 2 aromatic rings. The van der Waals surface area contributed by atoms with E-state index in [1.165, 1.54) is 38.9 Å². The maximum atomic E-state index is 13.1. The van der Waals surface area contributed by atoms with Crippen LogP contribution in [-0.2, 0) is 10.0 Å². The number of rotatable bonds is 6. The zero-order valence-corrected chi connectivity index (χ0v) is 16.7. The van der Waals surface area contributed by atoms with Gasteiger partial charge in [0.1, 0.15) is 38.0 Å². The van der Waals surface area contributed by atoms with Crippen LogP contribution in [0.1, 0.15) is 17.8 Å². The standard InChI is InChI=1S/C18H24FN3O2S2/c1-14(20-26(23,24)16-7-5-15(19)6-8-16)18(17-4-3-13-25-17)22-11-9-21(2)10-12-22/h3-8,13-14,18,20H,9-12H2,1-2H3/p+2/t14-,18+/m1/s1. The van der Waals surface area contributed by atoms with Gasteiger partial charge in [0.2, 0.25) is 10.0 Å². The average molecular weight is 400 g/mol. The molecule has 0 spiro atoms. The molecule has 2 heterocycles. The largest absolute Gasteiger partial charge is 0.328 e. The highest BCUT2D eigenvalue weighted by atomic mass is 32.2. The third-order valence-corrected chi connectivity index (χ3v) is 7.53. The van der Waals surface area contributed by atoms with Gasteiger partial charge in [-0.2, -0.15) is 0 Å². The molecule has 0 bridgehead atoms. The van der Waals surface area contributed by atoms with E-state index < -0.39 is 15.8 Å². The quantitative estimate of drug-likeness (QED) is 0.625. The van der Waals surface area contributed by atoms with Crippen LogP contribution in [0.5, 0.6) is 0 Å². The summed E-state index contributed by atoms with van der Waals surface area (Å²) in [6, 6.07) is 8.84. The Morgan fingerprint density at radius 1 is 1.12 bits per heavy atom. The van der Waals surface area contributed by atoms with Crippen LogP contribution < -0.4 is 14.5 Å². The van der Waals surface area contributed by atoms with Crippen molar-refractivity contribution in [1.29, 1.82) is 0 Å². The minimum absolute atomic E-state index is 0.0679. The van der Waals surface area contributed by atoms with E-state index in [0.717, 1.165) is 26.2 Å². The molecule has 1 saturated heterocycles. The second-order valence-electron chi connectivity index (χ2n) is 6.97. The average Bonchev–Trinajstić information content (AvgIpc) is 3.11. The zero-order chi connectivity index (χ0) is 18.7. The Bertz CT molecular complexity index is 801. The van der Waals surface area contributed by atoms with Crippen LogP contribution in [0.3, 0.4) is 0 Å². The molecular formula is C18H26FN3O2S2+2. The van der Waals surface area contributed by atoms with E-state index in [-0.39, 0.29) is 17.0 Å². The topological polar surface area (TPSA) is 55.0 Å². The summed E-state index contributed by atoms with van der Waals surface area (Å²) in [5, 5.41) is 2.03. The molecule has 0 saturated carbocycles. The van der Waals surface area contributed by atoms with Crippen molar-refractivity contribution in [3.05, 3.63) is 52.5 Å². The maximum absolute atomic E-state index is 13.1. The Hall–Kier alpha value is -1.32. The Labute approximate surface area is 158 Å². The van der Waals surface area contributed by atoms with Crippen LogP contribution in [0.25, 0.3) is 0 Å². The number of quaternary nitrogens is 2. The van der Waals surface area contributed by atoms with Crippen LogP contribution in [0.15, 0.2) is 46.7 Å². The number of hydrogen-bond donors (Lipinski definition) is 3. The van der Waals surface area contributed by atoms with Crippen molar-refractivity contribution in [3.8, 4) is 0 Å². The fourth-order valence-corrected chi connectivity index (χ4v) is 5.82. The molecule has 26 heavy (non-hydrogen) atoms. The number of likely N-dealkylation sites (N-methyl/N-ethyl adjacent to an activating group) is 1. The van der Waals surface area contributed by atoms with Crippen molar-refractivity contribution in [3.63, 3.8) is 0 Å². The van der Waals surface area contributed by atoms with E-state index in [0.29, 0.717) is 0 Å². The van der Waals surface area contributed by atoms with Gasteiger partial charge in [0.25, 0.3) is 0 Å². The van der Waals surface area contributed by atoms with Crippen molar-refractivity contribution in [2.45, 2.75) is 23.9 Å². The minimum Gasteiger partial charge on any atom is -0.328 e. The van der Waals surface area contributed by atoms with E-state index in [2.05, 4.69) is 17.8 Å².